The zero-order chi connectivity index (χ0) is 21.1. The fourth-order valence-corrected chi connectivity index (χ4v) is 3.37. The maximum absolute atomic E-state index is 12.5. The zero-order valence-electron chi connectivity index (χ0n) is 16.8. The second-order valence-electron chi connectivity index (χ2n) is 6.80. The monoisotopic (exact) mass is 410 g/mol. The van der Waals surface area contributed by atoms with Gasteiger partial charge in [0.05, 0.1) is 33.1 Å². The van der Waals surface area contributed by atoms with Gasteiger partial charge in [0.25, 0.3) is 5.91 Å². The third kappa shape index (κ3) is 3.95. The van der Waals surface area contributed by atoms with Crippen molar-refractivity contribution in [3.63, 3.8) is 0 Å². The first-order chi connectivity index (χ1) is 14.6. The van der Waals surface area contributed by atoms with E-state index in [1.54, 1.807) is 61.6 Å². The molecule has 1 saturated heterocycles. The van der Waals surface area contributed by atoms with Crippen LogP contribution in [0.25, 0.3) is 11.6 Å². The average Bonchev–Trinajstić information content (AvgIpc) is 3.08. The summed E-state index contributed by atoms with van der Waals surface area (Å²) < 4.78 is 21.3. The molecule has 0 bridgehead atoms. The Morgan fingerprint density at radius 1 is 1.07 bits per heavy atom. The van der Waals surface area contributed by atoms with Crippen LogP contribution in [0.4, 0.5) is 10.5 Å². The number of amides is 2. The van der Waals surface area contributed by atoms with E-state index in [2.05, 4.69) is 5.32 Å². The summed E-state index contributed by atoms with van der Waals surface area (Å²) in [4.78, 5) is 26.3. The number of fused-ring (bicyclic) bond motifs is 1. The Morgan fingerprint density at radius 3 is 2.40 bits per heavy atom. The van der Waals surface area contributed by atoms with Gasteiger partial charge < -0.3 is 29.2 Å². The summed E-state index contributed by atoms with van der Waals surface area (Å²) in [5, 5.41) is 2.84. The van der Waals surface area contributed by atoms with E-state index in [4.69, 9.17) is 18.9 Å². The van der Waals surface area contributed by atoms with E-state index in [0.29, 0.717) is 54.8 Å². The number of hydrogen-bond donors (Lipinski definition) is 1. The number of nitrogens with one attached hydrogen (secondary N) is 1. The average molecular weight is 410 g/mol. The largest absolute Gasteiger partial charge is 0.493 e. The van der Waals surface area contributed by atoms with E-state index in [9.17, 15) is 9.59 Å². The number of rotatable bonds is 4. The number of hydrogen-bond acceptors (Lipinski definition) is 6. The number of ether oxygens (including phenoxy) is 4. The first-order valence-electron chi connectivity index (χ1n) is 9.53. The molecule has 2 heterocycles. The molecule has 1 N–H and O–H groups in total. The summed E-state index contributed by atoms with van der Waals surface area (Å²) >= 11 is 0. The van der Waals surface area contributed by atoms with Gasteiger partial charge in [0, 0.05) is 30.3 Å². The number of nitrogens with zero attached hydrogens (tertiary/aromatic N) is 1. The molecule has 0 saturated carbocycles. The third-order valence-electron chi connectivity index (χ3n) is 4.97. The van der Waals surface area contributed by atoms with E-state index in [-0.39, 0.29) is 5.91 Å². The molecule has 0 atom stereocenters. The van der Waals surface area contributed by atoms with Gasteiger partial charge in [0.15, 0.2) is 11.5 Å². The van der Waals surface area contributed by atoms with Gasteiger partial charge in [-0.15, -0.1) is 0 Å². The Hall–Kier alpha value is -3.52. The van der Waals surface area contributed by atoms with Crippen LogP contribution in [0.2, 0.25) is 0 Å². The second-order valence-corrected chi connectivity index (χ2v) is 6.80. The predicted octanol–water partition coefficient (Wildman–Crippen LogP) is 3.03. The summed E-state index contributed by atoms with van der Waals surface area (Å²) in [6.45, 7) is 2.07. The van der Waals surface area contributed by atoms with Crippen LogP contribution in [-0.4, -0.2) is 57.4 Å². The second kappa shape index (κ2) is 8.46. The van der Waals surface area contributed by atoms with Gasteiger partial charge in [0.2, 0.25) is 0 Å². The molecule has 2 amide bonds. The quantitative estimate of drug-likeness (QED) is 0.780. The molecule has 1 fully saturated rings. The normalized spacial score (nSPS) is 16.8. The summed E-state index contributed by atoms with van der Waals surface area (Å²) in [6, 6.07) is 10.5. The summed E-state index contributed by atoms with van der Waals surface area (Å²) in [5.41, 5.74) is 2.72. The predicted molar refractivity (Wildman–Crippen MR) is 111 cm³/mol. The Morgan fingerprint density at radius 2 is 1.73 bits per heavy atom. The van der Waals surface area contributed by atoms with Gasteiger partial charge in [0.1, 0.15) is 5.75 Å². The van der Waals surface area contributed by atoms with Crippen LogP contribution in [-0.2, 0) is 9.53 Å². The first-order valence-corrected chi connectivity index (χ1v) is 9.53. The van der Waals surface area contributed by atoms with Crippen molar-refractivity contribution < 1.29 is 28.5 Å². The first kappa shape index (κ1) is 19.8. The van der Waals surface area contributed by atoms with Crippen molar-refractivity contribution >= 4 is 29.3 Å². The number of methoxy groups -OCH3 is 2. The van der Waals surface area contributed by atoms with E-state index in [0.717, 1.165) is 11.1 Å². The van der Waals surface area contributed by atoms with E-state index in [1.807, 2.05) is 0 Å². The van der Waals surface area contributed by atoms with Crippen molar-refractivity contribution in [3.8, 4) is 17.2 Å². The molecule has 0 unspecified atom stereocenters. The summed E-state index contributed by atoms with van der Waals surface area (Å²) in [7, 11) is 3.10. The van der Waals surface area contributed by atoms with Crippen LogP contribution in [0.3, 0.4) is 0 Å². The lowest BCUT2D eigenvalue weighted by molar-refractivity contribution is -0.110. The van der Waals surface area contributed by atoms with Gasteiger partial charge >= 0.3 is 6.09 Å². The Labute approximate surface area is 174 Å². The fourth-order valence-electron chi connectivity index (χ4n) is 3.37. The third-order valence-corrected chi connectivity index (χ3v) is 4.97. The topological polar surface area (TPSA) is 86.3 Å². The highest BCUT2D eigenvalue weighted by Crippen LogP contribution is 2.41. The standard InChI is InChI=1S/C22H22N2O6/c1-27-19-12-16-17(21(25)23-18(16)13-20(19)28-2)11-14-3-5-15(6-4-14)30-22(26)24-7-9-29-10-8-24/h3-6,11-13H,7-10H2,1-2H3,(H,23,25). The maximum Gasteiger partial charge on any atom is 0.415 e. The van der Waals surface area contributed by atoms with E-state index < -0.39 is 6.09 Å². The van der Waals surface area contributed by atoms with Crippen LogP contribution in [0.1, 0.15) is 11.1 Å². The molecule has 4 rings (SSSR count). The molecule has 0 radical (unpaired) electrons. The highest BCUT2D eigenvalue weighted by Gasteiger charge is 2.26. The molecule has 2 aromatic carbocycles. The van der Waals surface area contributed by atoms with Gasteiger partial charge in [-0.25, -0.2) is 4.79 Å². The van der Waals surface area contributed by atoms with E-state index in [1.165, 1.54) is 0 Å². The van der Waals surface area contributed by atoms with Crippen molar-refractivity contribution in [1.82, 2.24) is 4.90 Å². The van der Waals surface area contributed by atoms with Gasteiger partial charge in [-0.2, -0.15) is 0 Å². The number of carbonyl (C=O) groups excluding carboxylic acids is 2. The Balaban J connectivity index is 1.53. The molecule has 8 nitrogen and oxygen atoms in total. The van der Waals surface area contributed by atoms with Crippen molar-refractivity contribution in [1.29, 1.82) is 0 Å². The van der Waals surface area contributed by atoms with Crippen molar-refractivity contribution in [2.24, 2.45) is 0 Å². The number of benzene rings is 2. The van der Waals surface area contributed by atoms with Crippen LogP contribution >= 0.6 is 0 Å². The van der Waals surface area contributed by atoms with Gasteiger partial charge in [-0.1, -0.05) is 12.1 Å². The molecule has 156 valence electrons. The van der Waals surface area contributed by atoms with Crippen LogP contribution < -0.4 is 19.5 Å². The van der Waals surface area contributed by atoms with Crippen LogP contribution in [0.5, 0.6) is 17.2 Å². The number of carbonyl (C=O) groups is 2. The number of morpholine rings is 1. The van der Waals surface area contributed by atoms with Crippen molar-refractivity contribution in [2.75, 3.05) is 45.8 Å². The molecule has 0 spiro atoms. The molecule has 8 heteroatoms. The zero-order valence-corrected chi connectivity index (χ0v) is 16.8. The molecular weight excluding hydrogens is 388 g/mol. The molecule has 30 heavy (non-hydrogen) atoms. The number of anilines is 1. The molecular formula is C22H22N2O6. The highest BCUT2D eigenvalue weighted by atomic mass is 16.6. The summed E-state index contributed by atoms with van der Waals surface area (Å²) in [5.74, 6) is 1.33. The lowest BCUT2D eigenvalue weighted by Crippen LogP contribution is -2.42. The maximum atomic E-state index is 12.5. The lowest BCUT2D eigenvalue weighted by Gasteiger charge is -2.25. The lowest BCUT2D eigenvalue weighted by atomic mass is 10.0. The van der Waals surface area contributed by atoms with Gasteiger partial charge in [-0.05, 0) is 29.8 Å². The molecule has 2 aromatic rings. The molecule has 0 aliphatic carbocycles. The van der Waals surface area contributed by atoms with Crippen molar-refractivity contribution in [3.05, 3.63) is 47.5 Å². The highest BCUT2D eigenvalue weighted by molar-refractivity contribution is 6.35. The van der Waals surface area contributed by atoms with Gasteiger partial charge in [-0.3, -0.25) is 4.79 Å². The minimum atomic E-state index is -0.394. The molecule has 2 aliphatic rings. The Bertz CT molecular complexity index is 993. The minimum absolute atomic E-state index is 0.205. The fraction of sp³-hybridized carbons (Fsp3) is 0.273. The van der Waals surface area contributed by atoms with Crippen LogP contribution in [0.15, 0.2) is 36.4 Å². The molecule has 0 aromatic heterocycles. The smallest absolute Gasteiger partial charge is 0.415 e. The van der Waals surface area contributed by atoms with Crippen molar-refractivity contribution in [2.45, 2.75) is 0 Å². The van der Waals surface area contributed by atoms with Crippen LogP contribution in [0, 0.1) is 0 Å². The SMILES string of the molecule is COc1cc2c(cc1OC)C(=Cc1ccc(OC(=O)N3CCOCC3)cc1)C(=O)N2. The Kier molecular flexibility index (Phi) is 5.58. The summed E-state index contributed by atoms with van der Waals surface area (Å²) in [6.07, 6.45) is 1.38. The molecule has 2 aliphatic heterocycles. The minimum Gasteiger partial charge on any atom is -0.493 e. The van der Waals surface area contributed by atoms with E-state index >= 15 is 0 Å².